The first kappa shape index (κ1) is 15.5. The molecule has 1 fully saturated rings. The van der Waals surface area contributed by atoms with Crippen molar-refractivity contribution in [1.82, 2.24) is 4.90 Å². The Morgan fingerprint density at radius 3 is 2.33 bits per heavy atom. The summed E-state index contributed by atoms with van der Waals surface area (Å²) in [7, 11) is 0. The summed E-state index contributed by atoms with van der Waals surface area (Å²) in [5, 5.41) is 9.40. The van der Waals surface area contributed by atoms with Crippen LogP contribution in [0.2, 0.25) is 0 Å². The van der Waals surface area contributed by atoms with E-state index < -0.39 is 11.4 Å². The van der Waals surface area contributed by atoms with Gasteiger partial charge in [-0.1, -0.05) is 33.1 Å². The van der Waals surface area contributed by atoms with Gasteiger partial charge in [0, 0.05) is 6.54 Å². The van der Waals surface area contributed by atoms with Crippen LogP contribution < -0.4 is 0 Å². The Morgan fingerprint density at radius 2 is 1.89 bits per heavy atom. The van der Waals surface area contributed by atoms with Gasteiger partial charge in [-0.2, -0.15) is 0 Å². The molecule has 0 bridgehead atoms. The van der Waals surface area contributed by atoms with E-state index in [1.54, 1.807) is 0 Å². The van der Waals surface area contributed by atoms with E-state index in [4.69, 9.17) is 0 Å². The zero-order valence-corrected chi connectivity index (χ0v) is 12.2. The summed E-state index contributed by atoms with van der Waals surface area (Å²) >= 11 is 0. The molecular formula is C15H29NO2. The zero-order valence-electron chi connectivity index (χ0n) is 12.2. The van der Waals surface area contributed by atoms with Crippen molar-refractivity contribution in [2.75, 3.05) is 19.6 Å². The van der Waals surface area contributed by atoms with Gasteiger partial charge < -0.3 is 10.0 Å². The highest BCUT2D eigenvalue weighted by atomic mass is 16.4. The lowest BCUT2D eigenvalue weighted by molar-refractivity contribution is -0.149. The van der Waals surface area contributed by atoms with Gasteiger partial charge in [-0.15, -0.1) is 0 Å². The van der Waals surface area contributed by atoms with Crippen LogP contribution in [0.25, 0.3) is 0 Å². The Balaban J connectivity index is 2.45. The molecule has 0 spiro atoms. The maximum Gasteiger partial charge on any atom is 0.310 e. The van der Waals surface area contributed by atoms with Crippen molar-refractivity contribution in [2.24, 2.45) is 11.3 Å². The van der Waals surface area contributed by atoms with Gasteiger partial charge in [0.2, 0.25) is 0 Å². The lowest BCUT2D eigenvalue weighted by atomic mass is 9.83. The van der Waals surface area contributed by atoms with Crippen LogP contribution in [0.3, 0.4) is 0 Å². The molecule has 1 heterocycles. The third-order valence-electron chi connectivity index (χ3n) is 4.29. The summed E-state index contributed by atoms with van der Waals surface area (Å²) in [5.74, 6) is 0.230. The molecule has 0 aliphatic carbocycles. The van der Waals surface area contributed by atoms with E-state index in [1.807, 2.05) is 6.92 Å². The van der Waals surface area contributed by atoms with Crippen LogP contribution >= 0.6 is 0 Å². The number of likely N-dealkylation sites (tertiary alicyclic amines) is 1. The molecule has 0 amide bonds. The van der Waals surface area contributed by atoms with E-state index in [2.05, 4.69) is 18.7 Å². The molecule has 1 aliphatic heterocycles. The molecule has 1 atom stereocenters. The number of nitrogens with zero attached hydrogens (tertiary/aromatic N) is 1. The van der Waals surface area contributed by atoms with Gasteiger partial charge in [0.1, 0.15) is 0 Å². The highest BCUT2D eigenvalue weighted by Gasteiger charge is 2.35. The summed E-state index contributed by atoms with van der Waals surface area (Å²) in [6, 6.07) is 0. The Labute approximate surface area is 112 Å². The second-order valence-corrected chi connectivity index (χ2v) is 6.12. The number of aliphatic carboxylic acids is 1. The number of carbonyl (C=O) groups is 1. The summed E-state index contributed by atoms with van der Waals surface area (Å²) < 4.78 is 0. The summed E-state index contributed by atoms with van der Waals surface area (Å²) in [5.41, 5.74) is -0.563. The molecule has 1 unspecified atom stereocenters. The monoisotopic (exact) mass is 255 g/mol. The molecular weight excluding hydrogens is 226 g/mol. The third kappa shape index (κ3) is 4.27. The second-order valence-electron chi connectivity index (χ2n) is 6.12. The molecule has 0 radical (unpaired) electrons. The van der Waals surface area contributed by atoms with E-state index in [9.17, 15) is 9.90 Å². The fourth-order valence-corrected chi connectivity index (χ4v) is 3.14. The van der Waals surface area contributed by atoms with Crippen molar-refractivity contribution in [3.63, 3.8) is 0 Å². The number of carboxylic acids is 1. The van der Waals surface area contributed by atoms with Gasteiger partial charge in [-0.3, -0.25) is 4.79 Å². The minimum Gasteiger partial charge on any atom is -0.481 e. The Bertz CT molecular complexity index is 259. The first-order valence-electron chi connectivity index (χ1n) is 7.47. The van der Waals surface area contributed by atoms with Gasteiger partial charge in [-0.25, -0.2) is 0 Å². The summed E-state index contributed by atoms with van der Waals surface area (Å²) in [6.45, 7) is 9.09. The fourth-order valence-electron chi connectivity index (χ4n) is 3.14. The van der Waals surface area contributed by atoms with E-state index >= 15 is 0 Å². The van der Waals surface area contributed by atoms with Crippen molar-refractivity contribution < 1.29 is 9.90 Å². The molecule has 0 aromatic heterocycles. The molecule has 3 heteroatoms. The minimum atomic E-state index is -0.639. The summed E-state index contributed by atoms with van der Waals surface area (Å²) in [4.78, 5) is 13.8. The zero-order chi connectivity index (χ0) is 13.6. The van der Waals surface area contributed by atoms with Crippen LogP contribution in [0, 0.1) is 11.3 Å². The van der Waals surface area contributed by atoms with Crippen LogP contribution in [0.4, 0.5) is 0 Å². The van der Waals surface area contributed by atoms with Crippen LogP contribution in [0.1, 0.15) is 59.3 Å². The maximum absolute atomic E-state index is 11.4. The molecule has 1 saturated heterocycles. The molecule has 18 heavy (non-hydrogen) atoms. The number of hydrogen-bond acceptors (Lipinski definition) is 2. The van der Waals surface area contributed by atoms with E-state index in [-0.39, 0.29) is 0 Å². The Hall–Kier alpha value is -0.570. The SMILES string of the molecule is CCCC1CCN(CC(C)(CCC)C(=O)O)CC1. The topological polar surface area (TPSA) is 40.5 Å². The quantitative estimate of drug-likeness (QED) is 0.758. The normalized spacial score (nSPS) is 21.7. The predicted molar refractivity (Wildman–Crippen MR) is 74.7 cm³/mol. The molecule has 0 saturated carbocycles. The molecule has 3 nitrogen and oxygen atoms in total. The van der Waals surface area contributed by atoms with Gasteiger partial charge >= 0.3 is 5.97 Å². The maximum atomic E-state index is 11.4. The lowest BCUT2D eigenvalue weighted by Crippen LogP contribution is -2.44. The van der Waals surface area contributed by atoms with E-state index in [0.29, 0.717) is 0 Å². The van der Waals surface area contributed by atoms with Crippen LogP contribution in [-0.2, 0) is 4.79 Å². The smallest absolute Gasteiger partial charge is 0.310 e. The van der Waals surface area contributed by atoms with Crippen molar-refractivity contribution in [1.29, 1.82) is 0 Å². The van der Waals surface area contributed by atoms with Crippen LogP contribution in [-0.4, -0.2) is 35.6 Å². The first-order valence-corrected chi connectivity index (χ1v) is 7.47. The molecule has 0 aromatic rings. The Morgan fingerprint density at radius 1 is 1.28 bits per heavy atom. The molecule has 1 aliphatic rings. The number of hydrogen-bond donors (Lipinski definition) is 1. The van der Waals surface area contributed by atoms with E-state index in [0.717, 1.165) is 38.4 Å². The first-order chi connectivity index (χ1) is 8.51. The molecule has 1 N–H and O–H groups in total. The second kappa shape index (κ2) is 7.13. The van der Waals surface area contributed by atoms with Gasteiger partial charge in [0.25, 0.3) is 0 Å². The third-order valence-corrected chi connectivity index (χ3v) is 4.29. The predicted octanol–water partition coefficient (Wildman–Crippen LogP) is 3.39. The van der Waals surface area contributed by atoms with Crippen molar-refractivity contribution in [2.45, 2.75) is 59.3 Å². The highest BCUT2D eigenvalue weighted by molar-refractivity contribution is 5.74. The average Bonchev–Trinajstić information content (AvgIpc) is 2.32. The molecule has 0 aromatic carbocycles. The van der Waals surface area contributed by atoms with Crippen molar-refractivity contribution >= 4 is 5.97 Å². The van der Waals surface area contributed by atoms with Gasteiger partial charge in [0.15, 0.2) is 0 Å². The highest BCUT2D eigenvalue weighted by Crippen LogP contribution is 2.28. The minimum absolute atomic E-state index is 0.563. The van der Waals surface area contributed by atoms with Gasteiger partial charge in [0.05, 0.1) is 5.41 Å². The van der Waals surface area contributed by atoms with E-state index in [1.165, 1.54) is 25.7 Å². The van der Waals surface area contributed by atoms with Crippen molar-refractivity contribution in [3.05, 3.63) is 0 Å². The summed E-state index contributed by atoms with van der Waals surface area (Å²) in [6.07, 6.45) is 6.81. The fraction of sp³-hybridized carbons (Fsp3) is 0.933. The van der Waals surface area contributed by atoms with Crippen LogP contribution in [0.15, 0.2) is 0 Å². The largest absolute Gasteiger partial charge is 0.481 e. The van der Waals surface area contributed by atoms with Crippen molar-refractivity contribution in [3.8, 4) is 0 Å². The number of piperidine rings is 1. The number of carboxylic acid groups (broad SMARTS) is 1. The van der Waals surface area contributed by atoms with Gasteiger partial charge in [-0.05, 0) is 45.2 Å². The average molecular weight is 255 g/mol. The molecule has 106 valence electrons. The Kier molecular flexibility index (Phi) is 6.13. The molecule has 1 rings (SSSR count). The van der Waals surface area contributed by atoms with Crippen LogP contribution in [0.5, 0.6) is 0 Å². The standard InChI is InChI=1S/C15H29NO2/c1-4-6-13-7-10-16(11-8-13)12-15(3,9-5-2)14(17)18/h13H,4-12H2,1-3H3,(H,17,18). The number of rotatable bonds is 7. The lowest BCUT2D eigenvalue weighted by Gasteiger charge is -2.37.